The van der Waals surface area contributed by atoms with Crippen LogP contribution < -0.4 is 5.32 Å². The number of halogens is 1. The number of H-pyrrole nitrogens is 1. The number of nitrogens with zero attached hydrogens (tertiary/aromatic N) is 2. The Morgan fingerprint density at radius 2 is 2.20 bits per heavy atom. The van der Waals surface area contributed by atoms with Gasteiger partial charge in [0.25, 0.3) is 5.91 Å². The summed E-state index contributed by atoms with van der Waals surface area (Å²) in [4.78, 5) is 16.3. The third-order valence-electron chi connectivity index (χ3n) is 3.02. The molecule has 0 aliphatic carbocycles. The van der Waals surface area contributed by atoms with Gasteiger partial charge in [0.15, 0.2) is 5.69 Å². The number of carbonyl (C=O) groups is 1. The zero-order valence-electron chi connectivity index (χ0n) is 10.6. The Kier molecular flexibility index (Phi) is 3.39. The number of rotatable bonds is 2. The van der Waals surface area contributed by atoms with Crippen LogP contribution in [0.5, 0.6) is 0 Å². The summed E-state index contributed by atoms with van der Waals surface area (Å²) in [7, 11) is 0. The van der Waals surface area contributed by atoms with Gasteiger partial charge in [-0.05, 0) is 59.3 Å². The van der Waals surface area contributed by atoms with Gasteiger partial charge in [-0.25, -0.2) is 0 Å². The van der Waals surface area contributed by atoms with E-state index in [1.54, 1.807) is 18.5 Å². The Labute approximate surface area is 128 Å². The number of benzene rings is 1. The van der Waals surface area contributed by atoms with Crippen LogP contribution in [-0.2, 0) is 0 Å². The highest BCUT2D eigenvalue weighted by atomic mass is 127. The second-order valence-corrected chi connectivity index (χ2v) is 5.65. The van der Waals surface area contributed by atoms with Crippen molar-refractivity contribution in [2.45, 2.75) is 6.92 Å². The Morgan fingerprint density at radius 1 is 1.35 bits per heavy atom. The molecule has 0 saturated carbocycles. The van der Waals surface area contributed by atoms with E-state index >= 15 is 0 Å². The zero-order valence-corrected chi connectivity index (χ0v) is 12.8. The molecule has 20 heavy (non-hydrogen) atoms. The molecule has 0 aliphatic heterocycles. The van der Waals surface area contributed by atoms with E-state index in [2.05, 4.69) is 43.1 Å². The van der Waals surface area contributed by atoms with Gasteiger partial charge in [0, 0.05) is 21.7 Å². The van der Waals surface area contributed by atoms with Gasteiger partial charge in [0.2, 0.25) is 0 Å². The lowest BCUT2D eigenvalue weighted by molar-refractivity contribution is 0.102. The molecular weight excluding hydrogens is 367 g/mol. The van der Waals surface area contributed by atoms with Gasteiger partial charge in [0.1, 0.15) is 0 Å². The van der Waals surface area contributed by atoms with E-state index in [0.717, 1.165) is 20.3 Å². The summed E-state index contributed by atoms with van der Waals surface area (Å²) in [5, 5.41) is 10.5. The first kappa shape index (κ1) is 13.0. The van der Waals surface area contributed by atoms with E-state index in [1.807, 2.05) is 25.1 Å². The van der Waals surface area contributed by atoms with E-state index in [4.69, 9.17) is 0 Å². The largest absolute Gasteiger partial charge is 0.320 e. The van der Waals surface area contributed by atoms with E-state index in [9.17, 15) is 4.79 Å². The molecule has 2 aromatic heterocycles. The fourth-order valence-electron chi connectivity index (χ4n) is 1.98. The van der Waals surface area contributed by atoms with Crippen molar-refractivity contribution in [3.8, 4) is 0 Å². The maximum atomic E-state index is 12.3. The van der Waals surface area contributed by atoms with Crippen molar-refractivity contribution in [3.63, 3.8) is 0 Å². The van der Waals surface area contributed by atoms with Crippen LogP contribution in [0.3, 0.4) is 0 Å². The predicted octanol–water partition coefficient (Wildman–Crippen LogP) is 3.12. The molecule has 2 N–H and O–H groups in total. The maximum absolute atomic E-state index is 12.3. The van der Waals surface area contributed by atoms with Crippen LogP contribution in [0, 0.1) is 10.5 Å². The van der Waals surface area contributed by atoms with Gasteiger partial charge in [-0.3, -0.25) is 14.9 Å². The van der Waals surface area contributed by atoms with Crippen molar-refractivity contribution in [2.75, 3.05) is 5.32 Å². The Hall–Kier alpha value is -1.96. The molecule has 2 heterocycles. The number of nitrogens with one attached hydrogen (secondary N) is 2. The van der Waals surface area contributed by atoms with E-state index in [-0.39, 0.29) is 5.91 Å². The van der Waals surface area contributed by atoms with Gasteiger partial charge in [-0.2, -0.15) is 5.10 Å². The number of aryl methyl sites for hydroxylation is 1. The molecule has 3 rings (SSSR count). The molecule has 100 valence electrons. The Balaban J connectivity index is 1.93. The first-order valence-electron chi connectivity index (χ1n) is 6.01. The molecule has 0 aliphatic rings. The SMILES string of the molecule is Cc1cc(I)ccc1NC(=O)c1n[nH]c2ccncc12. The molecule has 0 saturated heterocycles. The van der Waals surface area contributed by atoms with E-state index in [1.165, 1.54) is 0 Å². The highest BCUT2D eigenvalue weighted by molar-refractivity contribution is 14.1. The molecule has 1 aromatic carbocycles. The van der Waals surface area contributed by atoms with Gasteiger partial charge in [0.05, 0.1) is 10.9 Å². The topological polar surface area (TPSA) is 70.7 Å². The van der Waals surface area contributed by atoms with Crippen LogP contribution in [-0.4, -0.2) is 21.1 Å². The Bertz CT molecular complexity index is 797. The average molecular weight is 378 g/mol. The first-order chi connectivity index (χ1) is 9.65. The number of aromatic amines is 1. The number of hydrogen-bond acceptors (Lipinski definition) is 3. The lowest BCUT2D eigenvalue weighted by Gasteiger charge is -2.07. The molecule has 0 unspecified atom stereocenters. The Morgan fingerprint density at radius 3 is 3.00 bits per heavy atom. The number of amides is 1. The van der Waals surface area contributed by atoms with Crippen LogP contribution in [0.4, 0.5) is 5.69 Å². The molecule has 0 radical (unpaired) electrons. The summed E-state index contributed by atoms with van der Waals surface area (Å²) in [5.41, 5.74) is 2.95. The van der Waals surface area contributed by atoms with Crippen LogP contribution in [0.15, 0.2) is 36.7 Å². The zero-order chi connectivity index (χ0) is 14.1. The molecular formula is C14H11IN4O. The van der Waals surface area contributed by atoms with Crippen molar-refractivity contribution >= 4 is 45.1 Å². The number of pyridine rings is 1. The van der Waals surface area contributed by atoms with E-state index < -0.39 is 0 Å². The summed E-state index contributed by atoms with van der Waals surface area (Å²) in [6.45, 7) is 1.96. The minimum atomic E-state index is -0.242. The number of fused-ring (bicyclic) bond motifs is 1. The van der Waals surface area contributed by atoms with Gasteiger partial charge < -0.3 is 5.32 Å². The van der Waals surface area contributed by atoms with Crippen LogP contribution in [0.25, 0.3) is 10.9 Å². The van der Waals surface area contributed by atoms with Gasteiger partial charge in [-0.15, -0.1) is 0 Å². The highest BCUT2D eigenvalue weighted by Gasteiger charge is 2.15. The monoisotopic (exact) mass is 378 g/mol. The lowest BCUT2D eigenvalue weighted by Crippen LogP contribution is -2.13. The van der Waals surface area contributed by atoms with Crippen LogP contribution >= 0.6 is 22.6 Å². The summed E-state index contributed by atoms with van der Waals surface area (Å²) >= 11 is 2.24. The van der Waals surface area contributed by atoms with Crippen molar-refractivity contribution < 1.29 is 4.79 Å². The third kappa shape index (κ3) is 2.38. The first-order valence-corrected chi connectivity index (χ1v) is 7.08. The minimum Gasteiger partial charge on any atom is -0.320 e. The fourth-order valence-corrected chi connectivity index (χ4v) is 2.63. The van der Waals surface area contributed by atoms with Gasteiger partial charge >= 0.3 is 0 Å². The molecule has 0 fully saturated rings. The van der Waals surface area contributed by atoms with E-state index in [0.29, 0.717) is 11.1 Å². The van der Waals surface area contributed by atoms with Crippen molar-refractivity contribution in [3.05, 3.63) is 51.5 Å². The maximum Gasteiger partial charge on any atom is 0.276 e. The van der Waals surface area contributed by atoms with Crippen molar-refractivity contribution in [1.82, 2.24) is 15.2 Å². The number of carbonyl (C=O) groups excluding carboxylic acids is 1. The van der Waals surface area contributed by atoms with Crippen molar-refractivity contribution in [2.24, 2.45) is 0 Å². The molecule has 0 atom stereocenters. The molecule has 3 aromatic rings. The standard InChI is InChI=1S/C14H11IN4O/c1-8-6-9(15)2-3-11(8)17-14(20)13-10-7-16-5-4-12(10)18-19-13/h2-7H,1H3,(H,17,20)(H,18,19). The summed E-state index contributed by atoms with van der Waals surface area (Å²) in [6, 6.07) is 7.64. The normalized spacial score (nSPS) is 10.7. The smallest absolute Gasteiger partial charge is 0.276 e. The quantitative estimate of drug-likeness (QED) is 0.674. The minimum absolute atomic E-state index is 0.242. The molecule has 5 nitrogen and oxygen atoms in total. The number of aromatic nitrogens is 3. The summed E-state index contributed by atoms with van der Waals surface area (Å²) < 4.78 is 1.13. The lowest BCUT2D eigenvalue weighted by atomic mass is 10.2. The number of hydrogen-bond donors (Lipinski definition) is 2. The van der Waals surface area contributed by atoms with Crippen LogP contribution in [0.2, 0.25) is 0 Å². The molecule has 6 heteroatoms. The number of anilines is 1. The van der Waals surface area contributed by atoms with Gasteiger partial charge in [-0.1, -0.05) is 0 Å². The molecule has 0 spiro atoms. The third-order valence-corrected chi connectivity index (χ3v) is 3.69. The summed E-state index contributed by atoms with van der Waals surface area (Å²) in [5.74, 6) is -0.242. The molecule has 1 amide bonds. The predicted molar refractivity (Wildman–Crippen MR) is 85.7 cm³/mol. The fraction of sp³-hybridized carbons (Fsp3) is 0.0714. The average Bonchev–Trinajstić information content (AvgIpc) is 2.86. The van der Waals surface area contributed by atoms with Crippen molar-refractivity contribution in [1.29, 1.82) is 0 Å². The van der Waals surface area contributed by atoms with Crippen LogP contribution in [0.1, 0.15) is 16.1 Å². The summed E-state index contributed by atoms with van der Waals surface area (Å²) in [6.07, 6.45) is 3.29. The molecule has 0 bridgehead atoms. The highest BCUT2D eigenvalue weighted by Crippen LogP contribution is 2.20. The second-order valence-electron chi connectivity index (χ2n) is 4.41. The second kappa shape index (κ2) is 5.20.